The van der Waals surface area contributed by atoms with Crippen LogP contribution in [0.15, 0.2) is 22.8 Å². The number of hydrogen-bond acceptors (Lipinski definition) is 2. The number of nitrogens with zero attached hydrogens (tertiary/aromatic N) is 1. The zero-order valence-corrected chi connectivity index (χ0v) is 6.51. The molecule has 0 saturated carbocycles. The van der Waals surface area contributed by atoms with Gasteiger partial charge in [0.2, 0.25) is 0 Å². The molecule has 0 unspecified atom stereocenters. The van der Waals surface area contributed by atoms with Crippen LogP contribution in [0.2, 0.25) is 0 Å². The summed E-state index contributed by atoms with van der Waals surface area (Å²) in [4.78, 5) is 9.40. The van der Waals surface area contributed by atoms with Crippen LogP contribution in [0.25, 0.3) is 0 Å². The molecule has 0 amide bonds. The number of allylic oxidation sites excluding steroid dienone is 2. The first-order valence-corrected chi connectivity index (χ1v) is 3.04. The minimum absolute atomic E-state index is 0.113. The van der Waals surface area contributed by atoms with Crippen molar-refractivity contribution in [3.63, 3.8) is 0 Å². The number of rotatable bonds is 2. The van der Waals surface area contributed by atoms with Gasteiger partial charge in [0.15, 0.2) is 0 Å². The number of nitro groups is 1. The van der Waals surface area contributed by atoms with E-state index in [1.165, 1.54) is 0 Å². The van der Waals surface area contributed by atoms with Crippen LogP contribution in [0, 0.1) is 10.1 Å². The summed E-state index contributed by atoms with van der Waals surface area (Å²) >= 11 is 2.96. The Labute approximate surface area is 61.3 Å². The predicted octanol–water partition coefficient (Wildman–Crippen LogP) is 2.08. The first-order chi connectivity index (χ1) is 4.09. The van der Waals surface area contributed by atoms with Crippen molar-refractivity contribution in [1.29, 1.82) is 0 Å². The SMILES string of the molecule is C=C(/C(Br)=C\C)[N+](=O)[O-]. The quantitative estimate of drug-likeness (QED) is 0.381. The second kappa shape index (κ2) is 3.40. The van der Waals surface area contributed by atoms with Gasteiger partial charge in [-0.25, -0.2) is 0 Å². The van der Waals surface area contributed by atoms with E-state index in [0.717, 1.165) is 0 Å². The van der Waals surface area contributed by atoms with Crippen LogP contribution in [0.4, 0.5) is 0 Å². The van der Waals surface area contributed by atoms with Gasteiger partial charge in [-0.1, -0.05) is 6.08 Å². The Morgan fingerprint density at radius 3 is 2.44 bits per heavy atom. The van der Waals surface area contributed by atoms with Crippen molar-refractivity contribution in [1.82, 2.24) is 0 Å². The van der Waals surface area contributed by atoms with E-state index in [-0.39, 0.29) is 5.70 Å². The minimum Gasteiger partial charge on any atom is -0.258 e. The molecule has 0 aromatic heterocycles. The van der Waals surface area contributed by atoms with Crippen molar-refractivity contribution in [2.75, 3.05) is 0 Å². The van der Waals surface area contributed by atoms with Gasteiger partial charge in [-0.15, -0.1) is 0 Å². The Bertz CT molecular complexity index is 174. The minimum atomic E-state index is -0.538. The van der Waals surface area contributed by atoms with Gasteiger partial charge in [0.25, 0.3) is 5.70 Å². The Morgan fingerprint density at radius 2 is 2.33 bits per heavy atom. The molecule has 0 bridgehead atoms. The van der Waals surface area contributed by atoms with Crippen LogP contribution >= 0.6 is 15.9 Å². The summed E-state index contributed by atoms with van der Waals surface area (Å²) in [5, 5.41) is 9.93. The average Bonchev–Trinajstić information content (AvgIpc) is 1.84. The Kier molecular flexibility index (Phi) is 3.16. The number of hydrogen-bond donors (Lipinski definition) is 0. The monoisotopic (exact) mass is 191 g/mol. The Hall–Kier alpha value is -0.640. The van der Waals surface area contributed by atoms with E-state index in [4.69, 9.17) is 0 Å². The van der Waals surface area contributed by atoms with E-state index in [1.54, 1.807) is 13.0 Å². The molecule has 0 aliphatic heterocycles. The molecular weight excluding hydrogens is 186 g/mol. The molecule has 0 saturated heterocycles. The fourth-order valence-corrected chi connectivity index (χ4v) is 0.399. The normalized spacial score (nSPS) is 11.1. The fraction of sp³-hybridized carbons (Fsp3) is 0.200. The lowest BCUT2D eigenvalue weighted by Crippen LogP contribution is -1.95. The molecule has 4 heteroatoms. The highest BCUT2D eigenvalue weighted by Crippen LogP contribution is 2.14. The lowest BCUT2D eigenvalue weighted by molar-refractivity contribution is -0.418. The maximum atomic E-state index is 9.93. The van der Waals surface area contributed by atoms with Gasteiger partial charge < -0.3 is 0 Å². The molecular formula is C5H6BrNO2. The van der Waals surface area contributed by atoms with Crippen molar-refractivity contribution in [2.45, 2.75) is 6.92 Å². The van der Waals surface area contributed by atoms with Crippen molar-refractivity contribution < 1.29 is 4.92 Å². The highest BCUT2D eigenvalue weighted by atomic mass is 79.9. The zero-order chi connectivity index (χ0) is 7.44. The first-order valence-electron chi connectivity index (χ1n) is 2.25. The van der Waals surface area contributed by atoms with Gasteiger partial charge in [-0.05, 0) is 29.4 Å². The summed E-state index contributed by atoms with van der Waals surface area (Å²) in [5.74, 6) is 0. The van der Waals surface area contributed by atoms with Gasteiger partial charge in [0, 0.05) is 0 Å². The summed E-state index contributed by atoms with van der Waals surface area (Å²) in [7, 11) is 0. The summed E-state index contributed by atoms with van der Waals surface area (Å²) in [6.45, 7) is 4.90. The Balaban J connectivity index is 4.23. The maximum Gasteiger partial charge on any atom is 0.276 e. The largest absolute Gasteiger partial charge is 0.276 e. The molecule has 0 N–H and O–H groups in total. The average molecular weight is 192 g/mol. The van der Waals surface area contributed by atoms with E-state index in [1.807, 2.05) is 0 Å². The third kappa shape index (κ3) is 2.41. The molecule has 0 heterocycles. The molecule has 0 rings (SSSR count). The summed E-state index contributed by atoms with van der Waals surface area (Å²) in [6, 6.07) is 0. The van der Waals surface area contributed by atoms with Crippen molar-refractivity contribution in [2.24, 2.45) is 0 Å². The van der Waals surface area contributed by atoms with Gasteiger partial charge in [-0.2, -0.15) is 0 Å². The van der Waals surface area contributed by atoms with Crippen LogP contribution in [-0.4, -0.2) is 4.92 Å². The summed E-state index contributed by atoms with van der Waals surface area (Å²) in [5.41, 5.74) is -0.113. The lowest BCUT2D eigenvalue weighted by atomic mass is 10.4. The molecule has 3 nitrogen and oxygen atoms in total. The molecule has 0 aliphatic rings. The van der Waals surface area contributed by atoms with Gasteiger partial charge in [-0.3, -0.25) is 10.1 Å². The van der Waals surface area contributed by atoms with Crippen molar-refractivity contribution in [3.8, 4) is 0 Å². The second-order valence-corrected chi connectivity index (χ2v) is 2.19. The second-order valence-electron chi connectivity index (χ2n) is 1.34. The van der Waals surface area contributed by atoms with Gasteiger partial charge >= 0.3 is 0 Å². The van der Waals surface area contributed by atoms with E-state index in [9.17, 15) is 10.1 Å². The van der Waals surface area contributed by atoms with E-state index < -0.39 is 4.92 Å². The van der Waals surface area contributed by atoms with Crippen molar-refractivity contribution >= 4 is 15.9 Å². The van der Waals surface area contributed by atoms with Crippen LogP contribution in [-0.2, 0) is 0 Å². The molecule has 0 radical (unpaired) electrons. The molecule has 0 aliphatic carbocycles. The fourth-order valence-electron chi connectivity index (χ4n) is 0.254. The molecule has 0 fully saturated rings. The van der Waals surface area contributed by atoms with E-state index >= 15 is 0 Å². The first kappa shape index (κ1) is 8.36. The van der Waals surface area contributed by atoms with Gasteiger partial charge in [0.1, 0.15) is 0 Å². The topological polar surface area (TPSA) is 43.1 Å². The molecule has 50 valence electrons. The smallest absolute Gasteiger partial charge is 0.258 e. The third-order valence-electron chi connectivity index (χ3n) is 0.750. The number of halogens is 1. The summed E-state index contributed by atoms with van der Waals surface area (Å²) < 4.78 is 0.424. The van der Waals surface area contributed by atoms with E-state index in [2.05, 4.69) is 22.5 Å². The lowest BCUT2D eigenvalue weighted by Gasteiger charge is -1.89. The highest BCUT2D eigenvalue weighted by Gasteiger charge is 2.08. The van der Waals surface area contributed by atoms with Crippen LogP contribution in [0.5, 0.6) is 0 Å². The molecule has 0 atom stereocenters. The third-order valence-corrected chi connectivity index (χ3v) is 1.67. The highest BCUT2D eigenvalue weighted by molar-refractivity contribution is 9.11. The van der Waals surface area contributed by atoms with Gasteiger partial charge in [0.05, 0.1) is 9.41 Å². The van der Waals surface area contributed by atoms with Crippen LogP contribution < -0.4 is 0 Å². The molecule has 9 heavy (non-hydrogen) atoms. The molecule has 0 aromatic carbocycles. The van der Waals surface area contributed by atoms with Crippen molar-refractivity contribution in [3.05, 3.63) is 32.9 Å². The molecule has 0 spiro atoms. The zero-order valence-electron chi connectivity index (χ0n) is 4.93. The van der Waals surface area contributed by atoms with E-state index in [0.29, 0.717) is 4.48 Å². The summed E-state index contributed by atoms with van der Waals surface area (Å²) in [6.07, 6.45) is 1.57. The predicted molar refractivity (Wildman–Crippen MR) is 38.8 cm³/mol. The van der Waals surface area contributed by atoms with Crippen LogP contribution in [0.1, 0.15) is 6.92 Å². The Morgan fingerprint density at radius 1 is 1.89 bits per heavy atom. The maximum absolute atomic E-state index is 9.93. The molecule has 0 aromatic rings. The van der Waals surface area contributed by atoms with Crippen LogP contribution in [0.3, 0.4) is 0 Å². The standard InChI is InChI=1S/C5H6BrNO2/c1-3-5(6)4(2)7(8)9/h3H,2H2,1H3/b5-3+.